The fourth-order valence-corrected chi connectivity index (χ4v) is 1.63. The molecule has 17 heavy (non-hydrogen) atoms. The number of aliphatic carboxylic acids is 1. The SMILES string of the molecule is CCCC(CC)NC(=O)N(CC)CCC(=O)O. The first-order valence-corrected chi connectivity index (χ1v) is 6.32. The maximum absolute atomic E-state index is 11.9. The van der Waals surface area contributed by atoms with Crippen molar-refractivity contribution >= 4 is 12.0 Å². The Morgan fingerprint density at radius 2 is 1.94 bits per heavy atom. The molecule has 0 saturated heterocycles. The molecule has 100 valence electrons. The molecule has 2 amide bonds. The number of hydrogen-bond acceptors (Lipinski definition) is 2. The molecule has 0 radical (unpaired) electrons. The van der Waals surface area contributed by atoms with Gasteiger partial charge in [-0.15, -0.1) is 0 Å². The summed E-state index contributed by atoms with van der Waals surface area (Å²) in [5.74, 6) is -0.878. The molecule has 0 aliphatic rings. The van der Waals surface area contributed by atoms with Crippen molar-refractivity contribution in [2.24, 2.45) is 0 Å². The van der Waals surface area contributed by atoms with Gasteiger partial charge in [0.05, 0.1) is 6.42 Å². The average Bonchev–Trinajstić information content (AvgIpc) is 2.28. The molecule has 0 aliphatic carbocycles. The van der Waals surface area contributed by atoms with Gasteiger partial charge in [-0.05, 0) is 19.8 Å². The van der Waals surface area contributed by atoms with Crippen LogP contribution in [0.4, 0.5) is 4.79 Å². The number of nitrogens with one attached hydrogen (secondary N) is 1. The highest BCUT2D eigenvalue weighted by atomic mass is 16.4. The highest BCUT2D eigenvalue weighted by molar-refractivity contribution is 5.75. The van der Waals surface area contributed by atoms with Crippen LogP contribution in [0.25, 0.3) is 0 Å². The Labute approximate surface area is 103 Å². The van der Waals surface area contributed by atoms with Gasteiger partial charge in [0, 0.05) is 19.1 Å². The van der Waals surface area contributed by atoms with Crippen LogP contribution in [0, 0.1) is 0 Å². The van der Waals surface area contributed by atoms with Crippen LogP contribution in [0.15, 0.2) is 0 Å². The molecule has 0 heterocycles. The van der Waals surface area contributed by atoms with E-state index in [9.17, 15) is 9.59 Å². The third-order valence-corrected chi connectivity index (χ3v) is 2.72. The van der Waals surface area contributed by atoms with Gasteiger partial charge in [-0.3, -0.25) is 4.79 Å². The smallest absolute Gasteiger partial charge is 0.317 e. The molecule has 2 N–H and O–H groups in total. The van der Waals surface area contributed by atoms with Crippen LogP contribution in [0.1, 0.15) is 46.5 Å². The largest absolute Gasteiger partial charge is 0.481 e. The summed E-state index contributed by atoms with van der Waals surface area (Å²) in [6.07, 6.45) is 2.88. The van der Waals surface area contributed by atoms with E-state index < -0.39 is 5.97 Å². The molecule has 5 nitrogen and oxygen atoms in total. The van der Waals surface area contributed by atoms with Crippen LogP contribution in [0.2, 0.25) is 0 Å². The Hall–Kier alpha value is -1.26. The second-order valence-corrected chi connectivity index (χ2v) is 4.07. The first-order chi connectivity index (χ1) is 8.04. The summed E-state index contributed by atoms with van der Waals surface area (Å²) in [4.78, 5) is 23.9. The lowest BCUT2D eigenvalue weighted by molar-refractivity contribution is -0.137. The van der Waals surface area contributed by atoms with Crippen molar-refractivity contribution in [1.29, 1.82) is 0 Å². The second kappa shape index (κ2) is 8.84. The summed E-state index contributed by atoms with van der Waals surface area (Å²) < 4.78 is 0. The third kappa shape index (κ3) is 6.81. The Morgan fingerprint density at radius 3 is 2.35 bits per heavy atom. The van der Waals surface area contributed by atoms with Gasteiger partial charge in [-0.25, -0.2) is 4.79 Å². The third-order valence-electron chi connectivity index (χ3n) is 2.72. The number of amides is 2. The number of hydrogen-bond donors (Lipinski definition) is 2. The highest BCUT2D eigenvalue weighted by Gasteiger charge is 2.15. The van der Waals surface area contributed by atoms with Gasteiger partial charge in [0.1, 0.15) is 0 Å². The molecule has 0 aromatic carbocycles. The van der Waals surface area contributed by atoms with Crippen LogP contribution in [0.3, 0.4) is 0 Å². The Kier molecular flexibility index (Phi) is 8.19. The van der Waals surface area contributed by atoms with E-state index in [1.807, 2.05) is 13.8 Å². The Balaban J connectivity index is 4.18. The molecular formula is C12H24N2O3. The van der Waals surface area contributed by atoms with Gasteiger partial charge in [0.2, 0.25) is 0 Å². The molecule has 0 bridgehead atoms. The molecule has 1 atom stereocenters. The highest BCUT2D eigenvalue weighted by Crippen LogP contribution is 2.02. The summed E-state index contributed by atoms with van der Waals surface area (Å²) in [6, 6.07) is 0.0282. The van der Waals surface area contributed by atoms with E-state index in [4.69, 9.17) is 5.11 Å². The monoisotopic (exact) mass is 244 g/mol. The summed E-state index contributed by atoms with van der Waals surface area (Å²) in [5, 5.41) is 11.5. The van der Waals surface area contributed by atoms with E-state index in [2.05, 4.69) is 12.2 Å². The minimum Gasteiger partial charge on any atom is -0.481 e. The van der Waals surface area contributed by atoms with Crippen molar-refractivity contribution in [3.63, 3.8) is 0 Å². The first kappa shape index (κ1) is 15.7. The van der Waals surface area contributed by atoms with Crippen molar-refractivity contribution in [3.8, 4) is 0 Å². The number of nitrogens with zero attached hydrogens (tertiary/aromatic N) is 1. The predicted octanol–water partition coefficient (Wildman–Crippen LogP) is 2.07. The van der Waals surface area contributed by atoms with Crippen LogP contribution >= 0.6 is 0 Å². The van der Waals surface area contributed by atoms with Gasteiger partial charge in [-0.2, -0.15) is 0 Å². The van der Waals surface area contributed by atoms with Crippen LogP contribution in [-0.4, -0.2) is 41.1 Å². The average molecular weight is 244 g/mol. The molecule has 0 saturated carbocycles. The lowest BCUT2D eigenvalue weighted by Gasteiger charge is -2.24. The summed E-state index contributed by atoms with van der Waals surface area (Å²) in [5.41, 5.74) is 0. The fraction of sp³-hybridized carbons (Fsp3) is 0.833. The molecule has 0 aromatic heterocycles. The number of carbonyl (C=O) groups excluding carboxylic acids is 1. The predicted molar refractivity (Wildman–Crippen MR) is 67.0 cm³/mol. The summed E-state index contributed by atoms with van der Waals surface area (Å²) in [7, 11) is 0. The van der Waals surface area contributed by atoms with Crippen molar-refractivity contribution in [2.75, 3.05) is 13.1 Å². The van der Waals surface area contributed by atoms with E-state index in [0.717, 1.165) is 19.3 Å². The van der Waals surface area contributed by atoms with Gasteiger partial charge < -0.3 is 15.3 Å². The molecule has 0 spiro atoms. The van der Waals surface area contributed by atoms with Gasteiger partial charge in [0.15, 0.2) is 0 Å². The molecule has 5 heteroatoms. The van der Waals surface area contributed by atoms with E-state index in [0.29, 0.717) is 6.54 Å². The number of carboxylic acid groups (broad SMARTS) is 1. The maximum atomic E-state index is 11.9. The number of rotatable bonds is 8. The minimum atomic E-state index is -0.878. The fourth-order valence-electron chi connectivity index (χ4n) is 1.63. The lowest BCUT2D eigenvalue weighted by Crippen LogP contribution is -2.45. The van der Waals surface area contributed by atoms with Gasteiger partial charge in [-0.1, -0.05) is 20.3 Å². The zero-order valence-corrected chi connectivity index (χ0v) is 11.0. The molecule has 0 aliphatic heterocycles. The van der Waals surface area contributed by atoms with Crippen LogP contribution in [-0.2, 0) is 4.79 Å². The molecule has 0 rings (SSSR count). The molecule has 0 fully saturated rings. The van der Waals surface area contributed by atoms with E-state index >= 15 is 0 Å². The molecular weight excluding hydrogens is 220 g/mol. The first-order valence-electron chi connectivity index (χ1n) is 6.32. The maximum Gasteiger partial charge on any atom is 0.317 e. The quantitative estimate of drug-likeness (QED) is 0.686. The summed E-state index contributed by atoms with van der Waals surface area (Å²) >= 11 is 0. The van der Waals surface area contributed by atoms with Crippen molar-refractivity contribution in [3.05, 3.63) is 0 Å². The standard InChI is InChI=1S/C12H24N2O3/c1-4-7-10(5-2)13-12(17)14(6-3)9-8-11(15)16/h10H,4-9H2,1-3H3,(H,13,17)(H,15,16). The molecule has 1 unspecified atom stereocenters. The zero-order chi connectivity index (χ0) is 13.3. The van der Waals surface area contributed by atoms with Gasteiger partial charge >= 0.3 is 12.0 Å². The summed E-state index contributed by atoms with van der Waals surface area (Å²) in [6.45, 7) is 6.76. The number of urea groups is 1. The Morgan fingerprint density at radius 1 is 1.29 bits per heavy atom. The van der Waals surface area contributed by atoms with Crippen LogP contribution in [0.5, 0.6) is 0 Å². The van der Waals surface area contributed by atoms with E-state index in [-0.39, 0.29) is 25.0 Å². The Bertz CT molecular complexity index is 244. The lowest BCUT2D eigenvalue weighted by atomic mass is 10.1. The minimum absolute atomic E-state index is 0.00811. The normalized spacial score (nSPS) is 11.9. The number of carbonyl (C=O) groups is 2. The van der Waals surface area contributed by atoms with Crippen molar-refractivity contribution < 1.29 is 14.7 Å². The topological polar surface area (TPSA) is 69.6 Å². The van der Waals surface area contributed by atoms with Crippen molar-refractivity contribution in [1.82, 2.24) is 10.2 Å². The second-order valence-electron chi connectivity index (χ2n) is 4.07. The van der Waals surface area contributed by atoms with E-state index in [1.54, 1.807) is 0 Å². The molecule has 0 aromatic rings. The van der Waals surface area contributed by atoms with E-state index in [1.165, 1.54) is 4.90 Å². The van der Waals surface area contributed by atoms with Crippen molar-refractivity contribution in [2.45, 2.75) is 52.5 Å². The number of carboxylic acids is 1. The zero-order valence-electron chi connectivity index (χ0n) is 11.0. The van der Waals surface area contributed by atoms with Crippen LogP contribution < -0.4 is 5.32 Å². The van der Waals surface area contributed by atoms with Gasteiger partial charge in [0.25, 0.3) is 0 Å².